The van der Waals surface area contributed by atoms with Gasteiger partial charge in [-0.05, 0) is 17.2 Å². The van der Waals surface area contributed by atoms with Gasteiger partial charge in [0, 0.05) is 17.2 Å². The molecule has 2 rings (SSSR count). The van der Waals surface area contributed by atoms with E-state index in [4.69, 9.17) is 0 Å². The molecule has 1 aliphatic rings. The van der Waals surface area contributed by atoms with Crippen molar-refractivity contribution in [3.8, 4) is 6.07 Å². The van der Waals surface area contributed by atoms with Gasteiger partial charge in [-0.25, -0.2) is 0 Å². The molecule has 0 spiro atoms. The lowest BCUT2D eigenvalue weighted by Crippen LogP contribution is -2.30. The molecule has 5 heteroatoms. The van der Waals surface area contributed by atoms with Gasteiger partial charge in [0.15, 0.2) is 0 Å². The van der Waals surface area contributed by atoms with E-state index in [1.54, 1.807) is 11.3 Å². The molecule has 1 N–H and O–H groups in total. The van der Waals surface area contributed by atoms with Crippen LogP contribution in [0.3, 0.4) is 0 Å². The Morgan fingerprint density at radius 2 is 2.53 bits per heavy atom. The van der Waals surface area contributed by atoms with Gasteiger partial charge in [-0.2, -0.15) is 5.26 Å². The molecule has 3 nitrogen and oxygen atoms in total. The van der Waals surface area contributed by atoms with Gasteiger partial charge in [0.25, 0.3) is 0 Å². The van der Waals surface area contributed by atoms with Crippen LogP contribution in [-0.2, 0) is 4.79 Å². The van der Waals surface area contributed by atoms with Gasteiger partial charge in [-0.15, -0.1) is 23.1 Å². The highest BCUT2D eigenvalue weighted by molar-refractivity contribution is 8.03. The fourth-order valence-electron chi connectivity index (χ4n) is 1.81. The van der Waals surface area contributed by atoms with E-state index in [0.717, 1.165) is 15.7 Å². The summed E-state index contributed by atoms with van der Waals surface area (Å²) in [7, 11) is 0. The fourth-order valence-corrected chi connectivity index (χ4v) is 3.46. The number of rotatable bonds is 3. The summed E-state index contributed by atoms with van der Waals surface area (Å²) >= 11 is 3.12. The van der Waals surface area contributed by atoms with E-state index in [2.05, 4.69) is 11.4 Å². The quantitative estimate of drug-likeness (QED) is 0.913. The van der Waals surface area contributed by atoms with Crippen LogP contribution in [0.4, 0.5) is 0 Å². The second-order valence-corrected chi connectivity index (χ2v) is 5.86. The highest BCUT2D eigenvalue weighted by Gasteiger charge is 2.29. The first kappa shape index (κ1) is 12.2. The Kier molecular flexibility index (Phi) is 3.87. The van der Waals surface area contributed by atoms with Gasteiger partial charge >= 0.3 is 0 Å². The lowest BCUT2D eigenvalue weighted by Gasteiger charge is -2.23. The van der Waals surface area contributed by atoms with Crippen molar-refractivity contribution in [2.75, 3.05) is 5.75 Å². The average Bonchev–Trinajstić information content (AvgIpc) is 2.82. The number of thiophene rings is 1. The number of thioether (sulfide) groups is 1. The van der Waals surface area contributed by atoms with Crippen molar-refractivity contribution < 1.29 is 4.79 Å². The van der Waals surface area contributed by atoms with Gasteiger partial charge in [0.05, 0.1) is 16.7 Å². The number of nitrogens with zero attached hydrogens (tertiary/aromatic N) is 1. The molecular weight excluding hydrogens is 252 g/mol. The molecule has 0 fully saturated rings. The minimum atomic E-state index is -0.0669. The van der Waals surface area contributed by atoms with Crippen LogP contribution in [-0.4, -0.2) is 11.7 Å². The van der Waals surface area contributed by atoms with E-state index in [0.29, 0.717) is 12.0 Å². The van der Waals surface area contributed by atoms with E-state index in [1.807, 2.05) is 24.4 Å². The monoisotopic (exact) mass is 264 g/mol. The van der Waals surface area contributed by atoms with Crippen LogP contribution < -0.4 is 5.32 Å². The second-order valence-electron chi connectivity index (χ2n) is 3.61. The average molecular weight is 264 g/mol. The van der Waals surface area contributed by atoms with Crippen molar-refractivity contribution in [2.45, 2.75) is 19.3 Å². The van der Waals surface area contributed by atoms with E-state index in [-0.39, 0.29) is 11.8 Å². The molecule has 1 aliphatic heterocycles. The van der Waals surface area contributed by atoms with Crippen molar-refractivity contribution in [3.63, 3.8) is 0 Å². The minimum absolute atomic E-state index is 0.00153. The molecular formula is C12H12N2OS2. The van der Waals surface area contributed by atoms with E-state index in [1.165, 1.54) is 11.8 Å². The third-order valence-corrected chi connectivity index (χ3v) is 4.42. The molecule has 0 bridgehead atoms. The number of hydrogen-bond donors (Lipinski definition) is 1. The van der Waals surface area contributed by atoms with Crippen molar-refractivity contribution in [1.82, 2.24) is 5.32 Å². The highest BCUT2D eigenvalue weighted by Crippen LogP contribution is 2.37. The largest absolute Gasteiger partial charge is 0.320 e. The molecule has 0 unspecified atom stereocenters. The predicted octanol–water partition coefficient (Wildman–Crippen LogP) is 2.84. The zero-order valence-electron chi connectivity index (χ0n) is 9.40. The third kappa shape index (κ3) is 2.54. The maximum Gasteiger partial charge on any atom is 0.225 e. The van der Waals surface area contributed by atoms with Gasteiger partial charge in [-0.1, -0.05) is 13.0 Å². The molecule has 1 amide bonds. The number of nitrogens with one attached hydrogen (secondary N) is 1. The normalized spacial score (nSPS) is 20.0. The summed E-state index contributed by atoms with van der Waals surface area (Å²) in [6.07, 6.45) is 0.372. The molecule has 88 valence electrons. The summed E-state index contributed by atoms with van der Waals surface area (Å²) < 4.78 is 0. The van der Waals surface area contributed by atoms with Crippen LogP contribution in [0.2, 0.25) is 0 Å². The van der Waals surface area contributed by atoms with Crippen LogP contribution in [0.25, 0.3) is 0 Å². The maximum atomic E-state index is 11.7. The molecule has 0 saturated carbocycles. The Labute approximate surface area is 109 Å². The molecule has 1 atom stereocenters. The Balaban J connectivity index is 2.40. The number of carbonyl (C=O) groups is 1. The van der Waals surface area contributed by atoms with Crippen LogP contribution in [0, 0.1) is 11.3 Å². The summed E-state index contributed by atoms with van der Waals surface area (Å²) in [6.45, 7) is 2.01. The van der Waals surface area contributed by atoms with E-state index >= 15 is 0 Å². The van der Waals surface area contributed by atoms with Crippen molar-refractivity contribution in [3.05, 3.63) is 33.0 Å². The Bertz CT molecular complexity index is 485. The maximum absolute atomic E-state index is 11.7. The Morgan fingerprint density at radius 3 is 3.12 bits per heavy atom. The highest BCUT2D eigenvalue weighted by atomic mass is 32.2. The predicted molar refractivity (Wildman–Crippen MR) is 70.6 cm³/mol. The Hall–Kier alpha value is -1.25. The number of nitriles is 1. The van der Waals surface area contributed by atoms with Crippen LogP contribution >= 0.6 is 23.1 Å². The molecule has 0 saturated heterocycles. The SMILES string of the molecule is CCSC1=C(C#N)[C@H](c2cccs2)CC(=O)N1. The van der Waals surface area contributed by atoms with Gasteiger partial charge in [0.2, 0.25) is 5.91 Å². The summed E-state index contributed by atoms with van der Waals surface area (Å²) in [5, 5.41) is 14.8. The first-order chi connectivity index (χ1) is 8.26. The molecule has 17 heavy (non-hydrogen) atoms. The van der Waals surface area contributed by atoms with Crippen molar-refractivity contribution in [1.29, 1.82) is 5.26 Å². The van der Waals surface area contributed by atoms with E-state index in [9.17, 15) is 10.1 Å². The number of allylic oxidation sites excluding steroid dienone is 1. The number of amides is 1. The molecule has 2 heterocycles. The van der Waals surface area contributed by atoms with Crippen LogP contribution in [0.15, 0.2) is 28.1 Å². The lowest BCUT2D eigenvalue weighted by molar-refractivity contribution is -0.120. The lowest BCUT2D eigenvalue weighted by atomic mass is 9.93. The standard InChI is InChI=1S/C12H12N2OS2/c1-2-16-12-9(7-13)8(6-11(15)14-12)10-4-3-5-17-10/h3-5,8H,2,6H2,1H3,(H,14,15)/t8-/m1/s1. The summed E-state index contributed by atoms with van der Waals surface area (Å²) in [5.74, 6) is 0.777. The van der Waals surface area contributed by atoms with Gasteiger partial charge < -0.3 is 5.32 Å². The fraction of sp³-hybridized carbons (Fsp3) is 0.333. The van der Waals surface area contributed by atoms with Gasteiger partial charge in [0.1, 0.15) is 0 Å². The summed E-state index contributed by atoms with van der Waals surface area (Å²) in [4.78, 5) is 12.7. The molecule has 1 aromatic rings. The number of carbonyl (C=O) groups excluding carboxylic acids is 1. The van der Waals surface area contributed by atoms with Crippen molar-refractivity contribution in [2.24, 2.45) is 0 Å². The first-order valence-electron chi connectivity index (χ1n) is 5.36. The van der Waals surface area contributed by atoms with E-state index < -0.39 is 0 Å². The second kappa shape index (κ2) is 5.39. The summed E-state index contributed by atoms with van der Waals surface area (Å²) in [5.41, 5.74) is 0.693. The zero-order chi connectivity index (χ0) is 12.3. The smallest absolute Gasteiger partial charge is 0.225 e. The zero-order valence-corrected chi connectivity index (χ0v) is 11.0. The van der Waals surface area contributed by atoms with Crippen LogP contribution in [0.1, 0.15) is 24.1 Å². The molecule has 0 aliphatic carbocycles. The molecule has 0 radical (unpaired) electrons. The third-order valence-electron chi connectivity index (χ3n) is 2.53. The van der Waals surface area contributed by atoms with Crippen LogP contribution in [0.5, 0.6) is 0 Å². The number of hydrogen-bond acceptors (Lipinski definition) is 4. The topological polar surface area (TPSA) is 52.9 Å². The summed E-state index contributed by atoms with van der Waals surface area (Å²) in [6, 6.07) is 6.19. The first-order valence-corrected chi connectivity index (χ1v) is 7.23. The minimum Gasteiger partial charge on any atom is -0.320 e. The van der Waals surface area contributed by atoms with Crippen molar-refractivity contribution >= 4 is 29.0 Å². The molecule has 0 aromatic carbocycles. The Morgan fingerprint density at radius 1 is 1.71 bits per heavy atom. The van der Waals surface area contributed by atoms with Gasteiger partial charge in [-0.3, -0.25) is 4.79 Å². The molecule has 1 aromatic heterocycles.